The highest BCUT2D eigenvalue weighted by Gasteiger charge is 2.17. The summed E-state index contributed by atoms with van der Waals surface area (Å²) < 4.78 is 29.4. The summed E-state index contributed by atoms with van der Waals surface area (Å²) in [6.07, 6.45) is 1.95. The number of ether oxygens (including phenoxy) is 1. The topological polar surface area (TPSA) is 103 Å². The second-order valence-corrected chi connectivity index (χ2v) is 7.09. The van der Waals surface area contributed by atoms with Crippen LogP contribution in [0.5, 0.6) is 5.75 Å². The highest BCUT2D eigenvalue weighted by molar-refractivity contribution is 7.89. The Kier molecular flexibility index (Phi) is 5.30. The van der Waals surface area contributed by atoms with Gasteiger partial charge in [-0.05, 0) is 36.6 Å². The molecule has 0 spiro atoms. The van der Waals surface area contributed by atoms with Crippen LogP contribution in [0, 0.1) is 6.92 Å². The number of nitrogens with zero attached hydrogens (tertiary/aromatic N) is 1. The molecule has 3 N–H and O–H groups in total. The van der Waals surface area contributed by atoms with Crippen LogP contribution in [0.15, 0.2) is 35.4 Å². The molecule has 0 aliphatic heterocycles. The van der Waals surface area contributed by atoms with Crippen LogP contribution in [0.4, 0.5) is 0 Å². The lowest BCUT2D eigenvalue weighted by molar-refractivity contribution is 0.0946. The number of hydrogen-bond acceptors (Lipinski definition) is 4. The zero-order valence-electron chi connectivity index (χ0n) is 13.9. The van der Waals surface area contributed by atoms with Crippen molar-refractivity contribution in [2.45, 2.75) is 18.2 Å². The van der Waals surface area contributed by atoms with Gasteiger partial charge in [0, 0.05) is 19.8 Å². The average Bonchev–Trinajstić information content (AvgIpc) is 2.91. The number of methoxy groups -OCH3 is 1. The lowest BCUT2D eigenvalue weighted by atomic mass is 10.1. The molecule has 24 heavy (non-hydrogen) atoms. The molecule has 2 rings (SSSR count). The van der Waals surface area contributed by atoms with E-state index in [0.29, 0.717) is 13.0 Å². The number of aryl methyl sites for hydroxylation is 2. The van der Waals surface area contributed by atoms with Crippen LogP contribution < -0.4 is 15.2 Å². The van der Waals surface area contributed by atoms with E-state index in [4.69, 9.17) is 9.88 Å². The summed E-state index contributed by atoms with van der Waals surface area (Å²) in [7, 11) is -0.619. The van der Waals surface area contributed by atoms with E-state index in [-0.39, 0.29) is 16.5 Å². The molecular formula is C16H21N3O4S. The molecule has 0 radical (unpaired) electrons. The molecule has 8 heteroatoms. The summed E-state index contributed by atoms with van der Waals surface area (Å²) in [6.45, 7) is 2.38. The maximum absolute atomic E-state index is 12.2. The van der Waals surface area contributed by atoms with Crippen LogP contribution in [0.25, 0.3) is 0 Å². The number of nitrogens with two attached hydrogens (primary N) is 1. The molecule has 0 saturated carbocycles. The quantitative estimate of drug-likeness (QED) is 0.809. The van der Waals surface area contributed by atoms with Gasteiger partial charge in [-0.2, -0.15) is 0 Å². The van der Waals surface area contributed by atoms with Gasteiger partial charge < -0.3 is 14.6 Å². The van der Waals surface area contributed by atoms with E-state index in [0.717, 1.165) is 16.9 Å². The van der Waals surface area contributed by atoms with Crippen molar-refractivity contribution in [2.75, 3.05) is 13.7 Å². The van der Waals surface area contributed by atoms with Crippen molar-refractivity contribution in [3.8, 4) is 5.75 Å². The minimum atomic E-state index is -3.83. The van der Waals surface area contributed by atoms with E-state index in [2.05, 4.69) is 5.32 Å². The van der Waals surface area contributed by atoms with Crippen LogP contribution in [0.1, 0.15) is 21.6 Å². The molecule has 0 saturated heterocycles. The Bertz CT molecular complexity index is 856. The first-order valence-corrected chi connectivity index (χ1v) is 8.88. The number of nitrogens with one attached hydrogen (secondary N) is 1. The fraction of sp³-hybridized carbons (Fsp3) is 0.312. The van der Waals surface area contributed by atoms with Gasteiger partial charge in [-0.1, -0.05) is 12.1 Å². The summed E-state index contributed by atoms with van der Waals surface area (Å²) >= 11 is 0. The Hall–Kier alpha value is -2.32. The van der Waals surface area contributed by atoms with Crippen LogP contribution in [0.2, 0.25) is 0 Å². The van der Waals surface area contributed by atoms with E-state index in [1.807, 2.05) is 25.1 Å². The summed E-state index contributed by atoms with van der Waals surface area (Å²) in [5.41, 5.74) is 2.32. The van der Waals surface area contributed by atoms with Crippen molar-refractivity contribution in [2.24, 2.45) is 12.2 Å². The van der Waals surface area contributed by atoms with Crippen molar-refractivity contribution >= 4 is 15.9 Å². The molecule has 0 aliphatic rings. The molecule has 1 aromatic heterocycles. The standard InChI is InChI=1S/C16H21N3O4S/c1-11-4-5-12(8-15(11)23-3)6-7-18-16(20)14-9-13(10-19(14)2)24(17,21)22/h4-5,8-10H,6-7H2,1-3H3,(H,18,20)(H2,17,21,22). The molecule has 7 nitrogen and oxygen atoms in total. The molecule has 1 heterocycles. The van der Waals surface area contributed by atoms with E-state index < -0.39 is 10.0 Å². The molecular weight excluding hydrogens is 330 g/mol. The Morgan fingerprint density at radius 2 is 2.04 bits per heavy atom. The van der Waals surface area contributed by atoms with Gasteiger partial charge >= 0.3 is 0 Å². The van der Waals surface area contributed by atoms with Crippen LogP contribution >= 0.6 is 0 Å². The summed E-state index contributed by atoms with van der Waals surface area (Å²) in [5, 5.41) is 7.84. The fourth-order valence-corrected chi connectivity index (χ4v) is 2.93. The monoisotopic (exact) mass is 351 g/mol. The molecule has 0 unspecified atom stereocenters. The fourth-order valence-electron chi connectivity index (χ4n) is 2.35. The summed E-state index contributed by atoms with van der Waals surface area (Å²) in [5.74, 6) is 0.450. The van der Waals surface area contributed by atoms with Gasteiger partial charge in [-0.25, -0.2) is 13.6 Å². The van der Waals surface area contributed by atoms with Gasteiger partial charge in [0.25, 0.3) is 5.91 Å². The molecule has 0 bridgehead atoms. The Labute approximate surface area is 141 Å². The van der Waals surface area contributed by atoms with Crippen molar-refractivity contribution in [3.63, 3.8) is 0 Å². The minimum Gasteiger partial charge on any atom is -0.496 e. The van der Waals surface area contributed by atoms with Crippen molar-refractivity contribution in [1.29, 1.82) is 0 Å². The molecule has 0 aliphatic carbocycles. The number of carbonyl (C=O) groups excluding carboxylic acids is 1. The number of rotatable bonds is 6. The molecule has 1 amide bonds. The average molecular weight is 351 g/mol. The van der Waals surface area contributed by atoms with Crippen molar-refractivity contribution < 1.29 is 17.9 Å². The first-order valence-electron chi connectivity index (χ1n) is 7.33. The number of sulfonamides is 1. The molecule has 2 aromatic rings. The van der Waals surface area contributed by atoms with Gasteiger partial charge in [0.15, 0.2) is 0 Å². The zero-order chi connectivity index (χ0) is 17.9. The van der Waals surface area contributed by atoms with Crippen molar-refractivity contribution in [3.05, 3.63) is 47.3 Å². The third-order valence-corrected chi connectivity index (χ3v) is 4.59. The largest absolute Gasteiger partial charge is 0.496 e. The molecule has 0 atom stereocenters. The smallest absolute Gasteiger partial charge is 0.267 e. The highest BCUT2D eigenvalue weighted by Crippen LogP contribution is 2.19. The lowest BCUT2D eigenvalue weighted by Crippen LogP contribution is -2.27. The highest BCUT2D eigenvalue weighted by atomic mass is 32.2. The zero-order valence-corrected chi connectivity index (χ0v) is 14.7. The van der Waals surface area contributed by atoms with Crippen LogP contribution in [-0.4, -0.2) is 32.5 Å². The maximum Gasteiger partial charge on any atom is 0.267 e. The number of hydrogen-bond donors (Lipinski definition) is 2. The summed E-state index contributed by atoms with van der Waals surface area (Å²) in [6, 6.07) is 7.14. The van der Waals surface area contributed by atoms with Crippen molar-refractivity contribution in [1.82, 2.24) is 9.88 Å². The molecule has 130 valence electrons. The second kappa shape index (κ2) is 7.06. The van der Waals surface area contributed by atoms with E-state index in [1.54, 1.807) is 14.2 Å². The molecule has 0 fully saturated rings. The first-order chi connectivity index (χ1) is 11.2. The first kappa shape index (κ1) is 18.0. The van der Waals surface area contributed by atoms with Crippen LogP contribution in [0.3, 0.4) is 0 Å². The van der Waals surface area contributed by atoms with Gasteiger partial charge in [0.1, 0.15) is 16.3 Å². The second-order valence-electron chi connectivity index (χ2n) is 5.53. The Morgan fingerprint density at radius 3 is 2.62 bits per heavy atom. The predicted molar refractivity (Wildman–Crippen MR) is 90.6 cm³/mol. The Balaban J connectivity index is 2.00. The van der Waals surface area contributed by atoms with Gasteiger partial charge in [-0.3, -0.25) is 4.79 Å². The SMILES string of the molecule is COc1cc(CCNC(=O)c2cc(S(N)(=O)=O)cn2C)ccc1C. The molecule has 1 aromatic carbocycles. The number of aromatic nitrogens is 1. The van der Waals surface area contributed by atoms with E-state index in [9.17, 15) is 13.2 Å². The number of primary sulfonamides is 1. The number of carbonyl (C=O) groups is 1. The maximum atomic E-state index is 12.2. The number of amides is 1. The van der Waals surface area contributed by atoms with Gasteiger partial charge in [0.2, 0.25) is 10.0 Å². The lowest BCUT2D eigenvalue weighted by Gasteiger charge is -2.09. The Morgan fingerprint density at radius 1 is 1.33 bits per heavy atom. The van der Waals surface area contributed by atoms with E-state index >= 15 is 0 Å². The third-order valence-electron chi connectivity index (χ3n) is 3.71. The predicted octanol–water partition coefficient (Wildman–Crippen LogP) is 0.962. The van der Waals surface area contributed by atoms with Gasteiger partial charge in [-0.15, -0.1) is 0 Å². The number of benzene rings is 1. The van der Waals surface area contributed by atoms with E-state index in [1.165, 1.54) is 16.8 Å². The van der Waals surface area contributed by atoms with Gasteiger partial charge in [0.05, 0.1) is 7.11 Å². The third kappa shape index (κ3) is 4.15. The van der Waals surface area contributed by atoms with Crippen LogP contribution in [-0.2, 0) is 23.5 Å². The minimum absolute atomic E-state index is 0.0848. The summed E-state index contributed by atoms with van der Waals surface area (Å²) in [4.78, 5) is 12.1. The normalized spacial score (nSPS) is 11.3.